The van der Waals surface area contributed by atoms with E-state index in [0.717, 1.165) is 25.3 Å². The molecule has 3 heterocycles. The van der Waals surface area contributed by atoms with E-state index in [9.17, 15) is 0 Å². The monoisotopic (exact) mass is 269 g/mol. The molecule has 0 saturated carbocycles. The van der Waals surface area contributed by atoms with Crippen LogP contribution in [0.15, 0.2) is 46.8 Å². The molecule has 0 fully saturated rings. The maximum absolute atomic E-state index is 4.76. The van der Waals surface area contributed by atoms with Crippen molar-refractivity contribution in [3.63, 3.8) is 0 Å². The van der Waals surface area contributed by atoms with Gasteiger partial charge in [-0.3, -0.25) is 4.99 Å². The summed E-state index contributed by atoms with van der Waals surface area (Å²) in [4.78, 5) is 8.51. The maximum atomic E-state index is 4.76. The van der Waals surface area contributed by atoms with Crippen molar-refractivity contribution in [1.29, 1.82) is 0 Å². The van der Waals surface area contributed by atoms with Gasteiger partial charge in [0, 0.05) is 29.2 Å². The first kappa shape index (κ1) is 11.1. The van der Waals surface area contributed by atoms with Crippen molar-refractivity contribution in [2.24, 2.45) is 4.99 Å². The zero-order valence-corrected chi connectivity index (χ0v) is 11.4. The minimum atomic E-state index is 0.231. The van der Waals surface area contributed by atoms with Gasteiger partial charge < -0.3 is 10.2 Å². The van der Waals surface area contributed by atoms with Gasteiger partial charge in [0.05, 0.1) is 0 Å². The lowest BCUT2D eigenvalue weighted by Crippen LogP contribution is -2.45. The number of para-hydroxylation sites is 1. The topological polar surface area (TPSA) is 27.6 Å². The summed E-state index contributed by atoms with van der Waals surface area (Å²) < 4.78 is 0. The fraction of sp³-hybridized carbons (Fsp3) is 0.267. The standard InChI is InChI=1S/C15H15N3S/c1-2-6-12-11(5-1)14-16-8-4-9-18(14)15(17-12)13-7-3-10-19-13/h1-3,5-7,10,15,17H,4,8-9H2/t15-/m0/s1. The summed E-state index contributed by atoms with van der Waals surface area (Å²) in [6.45, 7) is 2.01. The number of thiophene rings is 1. The molecule has 0 aliphatic carbocycles. The number of amidine groups is 1. The molecule has 0 saturated heterocycles. The van der Waals surface area contributed by atoms with E-state index in [4.69, 9.17) is 4.99 Å². The van der Waals surface area contributed by atoms with Gasteiger partial charge in [0.25, 0.3) is 0 Å². The molecule has 1 N–H and O–H groups in total. The number of hydrogen-bond acceptors (Lipinski definition) is 4. The molecule has 2 aromatic rings. The normalized spacial score (nSPS) is 21.2. The number of nitrogens with zero attached hydrogens (tertiary/aromatic N) is 2. The molecule has 1 atom stereocenters. The molecule has 0 bridgehead atoms. The van der Waals surface area contributed by atoms with Gasteiger partial charge in [-0.15, -0.1) is 11.3 Å². The lowest BCUT2D eigenvalue weighted by Gasteiger charge is -2.41. The second-order valence-electron chi connectivity index (χ2n) is 4.86. The molecule has 1 aromatic heterocycles. The highest BCUT2D eigenvalue weighted by atomic mass is 32.1. The van der Waals surface area contributed by atoms with Crippen molar-refractivity contribution in [1.82, 2.24) is 4.90 Å². The van der Waals surface area contributed by atoms with E-state index in [1.807, 2.05) is 0 Å². The Morgan fingerprint density at radius 1 is 1.21 bits per heavy atom. The maximum Gasteiger partial charge on any atom is 0.136 e. The molecule has 0 unspecified atom stereocenters. The molecule has 19 heavy (non-hydrogen) atoms. The van der Waals surface area contributed by atoms with Gasteiger partial charge in [0.1, 0.15) is 12.0 Å². The summed E-state index contributed by atoms with van der Waals surface area (Å²) in [6.07, 6.45) is 1.36. The lowest BCUT2D eigenvalue weighted by molar-refractivity contribution is 0.326. The molecule has 3 nitrogen and oxygen atoms in total. The van der Waals surface area contributed by atoms with Crippen LogP contribution in [0.25, 0.3) is 0 Å². The van der Waals surface area contributed by atoms with Crippen LogP contribution in [0.3, 0.4) is 0 Å². The Morgan fingerprint density at radius 2 is 2.16 bits per heavy atom. The third-order valence-electron chi connectivity index (χ3n) is 3.68. The van der Waals surface area contributed by atoms with Crippen LogP contribution in [0.5, 0.6) is 0 Å². The van der Waals surface area contributed by atoms with E-state index >= 15 is 0 Å². The first-order chi connectivity index (χ1) is 9.43. The molecule has 0 spiro atoms. The summed E-state index contributed by atoms with van der Waals surface area (Å²) in [5, 5.41) is 5.79. The van der Waals surface area contributed by atoms with Crippen LogP contribution in [0.2, 0.25) is 0 Å². The van der Waals surface area contributed by atoms with E-state index < -0.39 is 0 Å². The molecule has 4 heteroatoms. The van der Waals surface area contributed by atoms with Gasteiger partial charge in [-0.1, -0.05) is 18.2 Å². The zero-order chi connectivity index (χ0) is 12.7. The van der Waals surface area contributed by atoms with E-state index in [-0.39, 0.29) is 6.17 Å². The van der Waals surface area contributed by atoms with Gasteiger partial charge >= 0.3 is 0 Å². The van der Waals surface area contributed by atoms with Crippen LogP contribution in [0, 0.1) is 0 Å². The molecule has 4 rings (SSSR count). The first-order valence-electron chi connectivity index (χ1n) is 6.64. The number of anilines is 1. The van der Waals surface area contributed by atoms with Gasteiger partial charge in [-0.25, -0.2) is 0 Å². The third kappa shape index (κ3) is 1.75. The molecule has 96 valence electrons. The second-order valence-corrected chi connectivity index (χ2v) is 5.84. The zero-order valence-electron chi connectivity index (χ0n) is 10.5. The predicted octanol–water partition coefficient (Wildman–Crippen LogP) is 3.32. The van der Waals surface area contributed by atoms with Gasteiger partial charge in [-0.05, 0) is 30.0 Å². The van der Waals surface area contributed by atoms with E-state index in [1.165, 1.54) is 16.1 Å². The summed E-state index contributed by atoms with van der Waals surface area (Å²) in [5.41, 5.74) is 2.42. The van der Waals surface area contributed by atoms with E-state index in [0.29, 0.717) is 0 Å². The highest BCUT2D eigenvalue weighted by Gasteiger charge is 2.32. The number of fused-ring (bicyclic) bond motifs is 3. The van der Waals surface area contributed by atoms with Crippen LogP contribution in [-0.4, -0.2) is 23.8 Å². The second kappa shape index (κ2) is 4.38. The van der Waals surface area contributed by atoms with Gasteiger partial charge in [-0.2, -0.15) is 0 Å². The Bertz CT molecular complexity index is 618. The fourth-order valence-electron chi connectivity index (χ4n) is 2.81. The highest BCUT2D eigenvalue weighted by Crippen LogP contribution is 2.36. The number of benzene rings is 1. The van der Waals surface area contributed by atoms with Crippen molar-refractivity contribution in [3.8, 4) is 0 Å². The Hall–Kier alpha value is -1.81. The third-order valence-corrected chi connectivity index (χ3v) is 4.60. The molecule has 2 aliphatic rings. The van der Waals surface area contributed by atoms with Crippen molar-refractivity contribution in [2.75, 3.05) is 18.4 Å². The molecular weight excluding hydrogens is 254 g/mol. The molecule has 2 aliphatic heterocycles. The van der Waals surface area contributed by atoms with Gasteiger partial charge in [0.15, 0.2) is 0 Å². The lowest BCUT2D eigenvalue weighted by atomic mass is 10.0. The SMILES string of the molecule is c1csc([C@H]2Nc3ccccc3C3=NCCCN32)c1. The van der Waals surface area contributed by atoms with Crippen LogP contribution in [0.4, 0.5) is 5.69 Å². The van der Waals surface area contributed by atoms with Crippen molar-refractivity contribution < 1.29 is 0 Å². The Balaban J connectivity index is 1.85. The fourth-order valence-corrected chi connectivity index (χ4v) is 3.60. The smallest absolute Gasteiger partial charge is 0.136 e. The Morgan fingerprint density at radius 3 is 3.05 bits per heavy atom. The summed E-state index contributed by atoms with van der Waals surface area (Å²) in [7, 11) is 0. The Kier molecular flexibility index (Phi) is 2.55. The van der Waals surface area contributed by atoms with Crippen LogP contribution < -0.4 is 5.32 Å². The van der Waals surface area contributed by atoms with Crippen molar-refractivity contribution in [2.45, 2.75) is 12.6 Å². The van der Waals surface area contributed by atoms with E-state index in [2.05, 4.69) is 52.0 Å². The van der Waals surface area contributed by atoms with Crippen LogP contribution in [-0.2, 0) is 0 Å². The minimum Gasteiger partial charge on any atom is -0.360 e. The highest BCUT2D eigenvalue weighted by molar-refractivity contribution is 7.10. The quantitative estimate of drug-likeness (QED) is 0.860. The van der Waals surface area contributed by atoms with Crippen molar-refractivity contribution >= 4 is 22.9 Å². The average Bonchev–Trinajstić information content (AvgIpc) is 3.00. The summed E-state index contributed by atoms with van der Waals surface area (Å²) >= 11 is 1.80. The summed E-state index contributed by atoms with van der Waals surface area (Å²) in [5.74, 6) is 1.15. The first-order valence-corrected chi connectivity index (χ1v) is 7.52. The van der Waals surface area contributed by atoms with Gasteiger partial charge in [0.2, 0.25) is 0 Å². The number of rotatable bonds is 1. The molecule has 1 aromatic carbocycles. The van der Waals surface area contributed by atoms with Crippen LogP contribution in [0.1, 0.15) is 23.0 Å². The average molecular weight is 269 g/mol. The molecular formula is C15H15N3S. The number of aliphatic imine (C=N–C) groups is 1. The predicted molar refractivity (Wildman–Crippen MR) is 79.9 cm³/mol. The summed E-state index contributed by atoms with van der Waals surface area (Å²) in [6, 6.07) is 12.8. The minimum absolute atomic E-state index is 0.231. The van der Waals surface area contributed by atoms with Crippen LogP contribution >= 0.6 is 11.3 Å². The largest absolute Gasteiger partial charge is 0.360 e. The van der Waals surface area contributed by atoms with Crippen molar-refractivity contribution in [3.05, 3.63) is 52.2 Å². The van der Waals surface area contributed by atoms with E-state index in [1.54, 1.807) is 11.3 Å². The Labute approximate surface area is 116 Å². The number of hydrogen-bond donors (Lipinski definition) is 1. The molecule has 0 radical (unpaired) electrons. The molecule has 0 amide bonds. The number of nitrogens with one attached hydrogen (secondary N) is 1.